The number of hydrogen-bond donors (Lipinski definition) is 1. The summed E-state index contributed by atoms with van der Waals surface area (Å²) in [6, 6.07) is 4.86. The molecule has 19 heavy (non-hydrogen) atoms. The first-order valence-corrected chi connectivity index (χ1v) is 6.82. The van der Waals surface area contributed by atoms with E-state index in [9.17, 15) is 9.90 Å². The number of ether oxygens (including phenoxy) is 1. The van der Waals surface area contributed by atoms with Crippen molar-refractivity contribution in [1.82, 2.24) is 4.90 Å². The quantitative estimate of drug-likeness (QED) is 0.907. The van der Waals surface area contributed by atoms with Crippen LogP contribution in [0.25, 0.3) is 0 Å². The Kier molecular flexibility index (Phi) is 4.43. The van der Waals surface area contributed by atoms with E-state index in [2.05, 4.69) is 0 Å². The van der Waals surface area contributed by atoms with Crippen LogP contribution in [-0.4, -0.2) is 41.7 Å². The number of rotatable bonds is 4. The Hall–Kier alpha value is -1.55. The molecule has 1 saturated heterocycles. The number of carbonyl (C=O) groups excluding carboxylic acids is 1. The summed E-state index contributed by atoms with van der Waals surface area (Å²) in [5.74, 6) is 0.201. The van der Waals surface area contributed by atoms with Crippen LogP contribution in [0, 0.1) is 6.92 Å². The van der Waals surface area contributed by atoms with Gasteiger partial charge in [0, 0.05) is 25.3 Å². The van der Waals surface area contributed by atoms with Gasteiger partial charge in [0.15, 0.2) is 0 Å². The van der Waals surface area contributed by atoms with Crippen LogP contribution >= 0.6 is 0 Å². The molecule has 1 atom stereocenters. The number of aryl methyl sites for hydroxylation is 1. The number of aromatic hydroxyl groups is 1. The molecule has 1 unspecified atom stereocenters. The molecule has 2 rings (SSSR count). The Labute approximate surface area is 114 Å². The van der Waals surface area contributed by atoms with Crippen molar-refractivity contribution in [3.05, 3.63) is 29.3 Å². The molecule has 0 aromatic heterocycles. The molecule has 1 fully saturated rings. The first-order chi connectivity index (χ1) is 9.11. The van der Waals surface area contributed by atoms with E-state index in [1.165, 1.54) is 0 Å². The lowest BCUT2D eigenvalue weighted by molar-refractivity contribution is 0.0538. The van der Waals surface area contributed by atoms with E-state index in [0.717, 1.165) is 25.0 Å². The van der Waals surface area contributed by atoms with E-state index < -0.39 is 0 Å². The summed E-state index contributed by atoms with van der Waals surface area (Å²) in [5.41, 5.74) is 1.45. The standard InChI is InChI=1S/C15H21NO3/c1-3-16(10-13-5-4-8-19-13)15(18)14-7-6-12(17)9-11(14)2/h6-7,9,13,17H,3-5,8,10H2,1-2H3. The predicted molar refractivity (Wildman–Crippen MR) is 73.4 cm³/mol. The highest BCUT2D eigenvalue weighted by Crippen LogP contribution is 2.19. The molecule has 4 heteroatoms. The van der Waals surface area contributed by atoms with Crippen LogP contribution in [0.15, 0.2) is 18.2 Å². The first kappa shape index (κ1) is 13.9. The monoisotopic (exact) mass is 263 g/mol. The molecule has 0 spiro atoms. The van der Waals surface area contributed by atoms with Crippen molar-refractivity contribution in [3.8, 4) is 5.75 Å². The Morgan fingerprint density at radius 2 is 2.32 bits per heavy atom. The molecule has 1 amide bonds. The van der Waals surface area contributed by atoms with Gasteiger partial charge in [0.05, 0.1) is 6.10 Å². The maximum absolute atomic E-state index is 12.5. The molecule has 1 aliphatic rings. The number of amides is 1. The van der Waals surface area contributed by atoms with E-state index in [-0.39, 0.29) is 17.8 Å². The highest BCUT2D eigenvalue weighted by Gasteiger charge is 2.23. The van der Waals surface area contributed by atoms with Crippen molar-refractivity contribution in [2.24, 2.45) is 0 Å². The van der Waals surface area contributed by atoms with E-state index in [4.69, 9.17) is 4.74 Å². The Balaban J connectivity index is 2.10. The molecule has 104 valence electrons. The van der Waals surface area contributed by atoms with Gasteiger partial charge in [-0.05, 0) is 50.5 Å². The summed E-state index contributed by atoms with van der Waals surface area (Å²) in [4.78, 5) is 14.3. The molecule has 0 saturated carbocycles. The number of likely N-dealkylation sites (N-methyl/N-ethyl adjacent to an activating group) is 1. The number of benzene rings is 1. The van der Waals surface area contributed by atoms with Gasteiger partial charge in [-0.25, -0.2) is 0 Å². The van der Waals surface area contributed by atoms with Crippen LogP contribution in [0.2, 0.25) is 0 Å². The minimum Gasteiger partial charge on any atom is -0.508 e. The lowest BCUT2D eigenvalue weighted by Gasteiger charge is -2.24. The lowest BCUT2D eigenvalue weighted by atomic mass is 10.1. The summed E-state index contributed by atoms with van der Waals surface area (Å²) in [7, 11) is 0. The highest BCUT2D eigenvalue weighted by molar-refractivity contribution is 5.95. The molecule has 0 bridgehead atoms. The number of phenols is 1. The third-order valence-corrected chi connectivity index (χ3v) is 3.56. The second-order valence-electron chi connectivity index (χ2n) is 4.98. The van der Waals surface area contributed by atoms with Crippen molar-refractivity contribution in [2.45, 2.75) is 32.8 Å². The molecule has 1 N–H and O–H groups in total. The van der Waals surface area contributed by atoms with Crippen molar-refractivity contribution in [1.29, 1.82) is 0 Å². The second kappa shape index (κ2) is 6.06. The SMILES string of the molecule is CCN(CC1CCCO1)C(=O)c1ccc(O)cc1C. The molecule has 1 heterocycles. The van der Waals surface area contributed by atoms with Crippen molar-refractivity contribution in [2.75, 3.05) is 19.7 Å². The molecule has 4 nitrogen and oxygen atoms in total. The van der Waals surface area contributed by atoms with Gasteiger partial charge < -0.3 is 14.7 Å². The third kappa shape index (κ3) is 3.26. The first-order valence-electron chi connectivity index (χ1n) is 6.82. The fourth-order valence-electron chi connectivity index (χ4n) is 2.45. The van der Waals surface area contributed by atoms with Gasteiger partial charge in [-0.2, -0.15) is 0 Å². The van der Waals surface area contributed by atoms with E-state index in [0.29, 0.717) is 18.7 Å². The van der Waals surface area contributed by atoms with Gasteiger partial charge in [0.25, 0.3) is 5.91 Å². The zero-order chi connectivity index (χ0) is 13.8. The van der Waals surface area contributed by atoms with Crippen LogP contribution in [0.5, 0.6) is 5.75 Å². The topological polar surface area (TPSA) is 49.8 Å². The maximum atomic E-state index is 12.5. The van der Waals surface area contributed by atoms with Crippen LogP contribution in [-0.2, 0) is 4.74 Å². The Bertz CT molecular complexity index is 453. The highest BCUT2D eigenvalue weighted by atomic mass is 16.5. The summed E-state index contributed by atoms with van der Waals surface area (Å²) in [6.07, 6.45) is 2.27. The van der Waals surface area contributed by atoms with E-state index >= 15 is 0 Å². The average Bonchev–Trinajstić information content (AvgIpc) is 2.88. The zero-order valence-corrected chi connectivity index (χ0v) is 11.6. The largest absolute Gasteiger partial charge is 0.508 e. The Morgan fingerprint density at radius 1 is 1.53 bits per heavy atom. The van der Waals surface area contributed by atoms with Gasteiger partial charge in [0.1, 0.15) is 5.75 Å². The maximum Gasteiger partial charge on any atom is 0.254 e. The minimum absolute atomic E-state index is 0.00972. The minimum atomic E-state index is 0.00972. The van der Waals surface area contributed by atoms with Crippen LogP contribution in [0.1, 0.15) is 35.7 Å². The smallest absolute Gasteiger partial charge is 0.254 e. The molecule has 0 radical (unpaired) electrons. The fraction of sp³-hybridized carbons (Fsp3) is 0.533. The summed E-state index contributed by atoms with van der Waals surface area (Å²) < 4.78 is 5.59. The molecular formula is C15H21NO3. The lowest BCUT2D eigenvalue weighted by Crippen LogP contribution is -2.37. The summed E-state index contributed by atoms with van der Waals surface area (Å²) in [5, 5.41) is 9.40. The number of carbonyl (C=O) groups is 1. The summed E-state index contributed by atoms with van der Waals surface area (Å²) >= 11 is 0. The van der Waals surface area contributed by atoms with Crippen LogP contribution in [0.3, 0.4) is 0 Å². The van der Waals surface area contributed by atoms with Crippen LogP contribution in [0.4, 0.5) is 0 Å². The molecule has 1 aliphatic heterocycles. The molecular weight excluding hydrogens is 242 g/mol. The van der Waals surface area contributed by atoms with Gasteiger partial charge in [0.2, 0.25) is 0 Å². The third-order valence-electron chi connectivity index (χ3n) is 3.56. The van der Waals surface area contributed by atoms with Crippen molar-refractivity contribution in [3.63, 3.8) is 0 Å². The van der Waals surface area contributed by atoms with Crippen LogP contribution < -0.4 is 0 Å². The number of hydrogen-bond acceptors (Lipinski definition) is 3. The van der Waals surface area contributed by atoms with E-state index in [1.807, 2.05) is 18.7 Å². The number of phenolic OH excluding ortho intramolecular Hbond substituents is 1. The number of nitrogens with zero attached hydrogens (tertiary/aromatic N) is 1. The average molecular weight is 263 g/mol. The van der Waals surface area contributed by atoms with Crippen molar-refractivity contribution >= 4 is 5.91 Å². The van der Waals surface area contributed by atoms with Gasteiger partial charge in [-0.15, -0.1) is 0 Å². The van der Waals surface area contributed by atoms with Gasteiger partial charge >= 0.3 is 0 Å². The Morgan fingerprint density at radius 3 is 2.89 bits per heavy atom. The van der Waals surface area contributed by atoms with Crippen molar-refractivity contribution < 1.29 is 14.6 Å². The summed E-state index contributed by atoms with van der Waals surface area (Å²) in [6.45, 7) is 5.93. The fourth-order valence-corrected chi connectivity index (χ4v) is 2.45. The molecule has 1 aromatic carbocycles. The predicted octanol–water partition coefficient (Wildman–Crippen LogP) is 2.34. The van der Waals surface area contributed by atoms with E-state index in [1.54, 1.807) is 18.2 Å². The normalized spacial score (nSPS) is 18.5. The zero-order valence-electron chi connectivity index (χ0n) is 11.6. The second-order valence-corrected chi connectivity index (χ2v) is 4.98. The molecule has 1 aromatic rings. The van der Waals surface area contributed by atoms with Gasteiger partial charge in [-0.3, -0.25) is 4.79 Å². The van der Waals surface area contributed by atoms with Gasteiger partial charge in [-0.1, -0.05) is 0 Å². The molecule has 0 aliphatic carbocycles.